The van der Waals surface area contributed by atoms with E-state index in [2.05, 4.69) is 30.9 Å². The van der Waals surface area contributed by atoms with Crippen molar-refractivity contribution in [2.45, 2.75) is 49.9 Å². The Morgan fingerprint density at radius 1 is 0.949 bits per heavy atom. The summed E-state index contributed by atoms with van der Waals surface area (Å²) in [4.78, 5) is 60.8. The Labute approximate surface area is 224 Å². The number of carbonyl (C=O) groups excluding carboxylic acids is 3. The Morgan fingerprint density at radius 2 is 1.59 bits per heavy atom. The van der Waals surface area contributed by atoms with Crippen LogP contribution in [0.25, 0.3) is 0 Å². The summed E-state index contributed by atoms with van der Waals surface area (Å²) in [7, 11) is 0. The average Bonchev–Trinajstić information content (AvgIpc) is 3.41. The summed E-state index contributed by atoms with van der Waals surface area (Å²) in [5.74, 6) is -3.75. The fraction of sp³-hybridized carbons (Fsp3) is 0.417. The molecule has 0 aliphatic heterocycles. The van der Waals surface area contributed by atoms with Gasteiger partial charge in [-0.1, -0.05) is 30.3 Å². The fourth-order valence-electron chi connectivity index (χ4n) is 3.57. The Balaban J connectivity index is 2.08. The molecule has 15 heteroatoms. The van der Waals surface area contributed by atoms with Gasteiger partial charge in [-0.3, -0.25) is 19.4 Å². The van der Waals surface area contributed by atoms with Crippen LogP contribution in [0.4, 0.5) is 0 Å². The number of benzene rings is 1. The second-order valence-electron chi connectivity index (χ2n) is 8.73. The molecule has 0 aliphatic rings. The smallest absolute Gasteiger partial charge is 0.326 e. The van der Waals surface area contributed by atoms with Gasteiger partial charge in [-0.2, -0.15) is 0 Å². The van der Waals surface area contributed by atoms with Crippen molar-refractivity contribution >= 4 is 29.7 Å². The van der Waals surface area contributed by atoms with Gasteiger partial charge in [0, 0.05) is 31.3 Å². The van der Waals surface area contributed by atoms with E-state index in [-0.39, 0.29) is 38.2 Å². The summed E-state index contributed by atoms with van der Waals surface area (Å²) in [5.41, 5.74) is 17.8. The van der Waals surface area contributed by atoms with Gasteiger partial charge in [0.2, 0.25) is 17.7 Å². The summed E-state index contributed by atoms with van der Waals surface area (Å²) in [6, 6.07) is 3.77. The lowest BCUT2D eigenvalue weighted by molar-refractivity contribution is -0.142. The number of aliphatic hydroxyl groups excluding tert-OH is 1. The van der Waals surface area contributed by atoms with Gasteiger partial charge in [-0.25, -0.2) is 9.78 Å². The number of nitrogens with one attached hydrogen (secondary N) is 4. The molecule has 0 radical (unpaired) electrons. The first-order chi connectivity index (χ1) is 18.6. The van der Waals surface area contributed by atoms with Crippen LogP contribution in [0.5, 0.6) is 0 Å². The largest absolute Gasteiger partial charge is 0.480 e. The highest BCUT2D eigenvalue weighted by Crippen LogP contribution is 2.06. The predicted octanol–water partition coefficient (Wildman–Crippen LogP) is -2.89. The molecule has 2 aromatic rings. The number of guanidine groups is 1. The molecule has 12 N–H and O–H groups in total. The van der Waals surface area contributed by atoms with E-state index >= 15 is 0 Å². The van der Waals surface area contributed by atoms with Crippen LogP contribution in [0, 0.1) is 0 Å². The molecule has 212 valence electrons. The topological polar surface area (TPSA) is 264 Å². The van der Waals surface area contributed by atoms with Gasteiger partial charge in [-0.15, -0.1) is 0 Å². The van der Waals surface area contributed by atoms with Crippen molar-refractivity contribution < 1.29 is 29.4 Å². The van der Waals surface area contributed by atoms with Crippen LogP contribution < -0.4 is 33.2 Å². The number of hydrogen-bond donors (Lipinski definition) is 9. The molecule has 1 aromatic carbocycles. The van der Waals surface area contributed by atoms with Crippen molar-refractivity contribution in [2.24, 2.45) is 22.2 Å². The Kier molecular flexibility index (Phi) is 12.4. The minimum absolute atomic E-state index is 0.0140. The third-order valence-electron chi connectivity index (χ3n) is 5.62. The van der Waals surface area contributed by atoms with Gasteiger partial charge >= 0.3 is 5.97 Å². The van der Waals surface area contributed by atoms with Crippen LogP contribution >= 0.6 is 0 Å². The van der Waals surface area contributed by atoms with Gasteiger partial charge < -0.3 is 48.3 Å². The predicted molar refractivity (Wildman–Crippen MR) is 141 cm³/mol. The van der Waals surface area contributed by atoms with Crippen LogP contribution in [-0.2, 0) is 32.0 Å². The van der Waals surface area contributed by atoms with Crippen molar-refractivity contribution in [1.82, 2.24) is 25.9 Å². The molecule has 0 saturated heterocycles. The quantitative estimate of drug-likeness (QED) is 0.0590. The standard InChI is InChI=1S/C24H35N9O6/c25-16(10-15-11-28-13-30-15)20(35)33-19(12-34)22(37)31-17(7-4-8-29-24(26)27)21(36)32-18(23(38)39)9-14-5-2-1-3-6-14/h1-3,5-6,11,13,16-19,34H,4,7-10,12,25H2,(H,28,30)(H,31,37)(H,32,36)(H,33,35)(H,38,39)(H4,26,27,29). The van der Waals surface area contributed by atoms with Crippen molar-refractivity contribution in [3.63, 3.8) is 0 Å². The van der Waals surface area contributed by atoms with E-state index in [9.17, 15) is 29.4 Å². The lowest BCUT2D eigenvalue weighted by atomic mass is 10.0. The lowest BCUT2D eigenvalue weighted by Gasteiger charge is -2.24. The van der Waals surface area contributed by atoms with Gasteiger partial charge in [0.1, 0.15) is 18.1 Å². The number of aliphatic hydroxyl groups is 1. The maximum Gasteiger partial charge on any atom is 0.326 e. The van der Waals surface area contributed by atoms with Crippen LogP contribution in [0.2, 0.25) is 0 Å². The maximum atomic E-state index is 13.1. The summed E-state index contributed by atoms with van der Waals surface area (Å²) in [6.45, 7) is -0.626. The van der Waals surface area contributed by atoms with Crippen molar-refractivity contribution in [2.75, 3.05) is 13.2 Å². The number of H-pyrrole nitrogens is 1. The number of aliphatic imine (C=N–C) groups is 1. The molecule has 2 rings (SSSR count). The second kappa shape index (κ2) is 15.7. The Bertz CT molecular complexity index is 1110. The van der Waals surface area contributed by atoms with E-state index in [1.54, 1.807) is 30.3 Å². The van der Waals surface area contributed by atoms with E-state index < -0.39 is 54.5 Å². The van der Waals surface area contributed by atoms with Gasteiger partial charge in [0.15, 0.2) is 5.96 Å². The van der Waals surface area contributed by atoms with Crippen molar-refractivity contribution in [1.29, 1.82) is 0 Å². The first-order valence-corrected chi connectivity index (χ1v) is 12.2. The molecule has 1 heterocycles. The highest BCUT2D eigenvalue weighted by atomic mass is 16.4. The van der Waals surface area contributed by atoms with E-state index in [1.165, 1.54) is 12.5 Å². The monoisotopic (exact) mass is 545 g/mol. The van der Waals surface area contributed by atoms with Crippen LogP contribution in [0.3, 0.4) is 0 Å². The third-order valence-corrected chi connectivity index (χ3v) is 5.62. The molecule has 4 atom stereocenters. The minimum Gasteiger partial charge on any atom is -0.480 e. The zero-order valence-electron chi connectivity index (χ0n) is 21.2. The van der Waals surface area contributed by atoms with Gasteiger partial charge in [0.25, 0.3) is 0 Å². The second-order valence-corrected chi connectivity index (χ2v) is 8.73. The van der Waals surface area contributed by atoms with Gasteiger partial charge in [0.05, 0.1) is 19.0 Å². The van der Waals surface area contributed by atoms with Crippen LogP contribution in [0.15, 0.2) is 47.8 Å². The van der Waals surface area contributed by atoms with E-state index in [1.807, 2.05) is 0 Å². The van der Waals surface area contributed by atoms with Gasteiger partial charge in [-0.05, 0) is 18.4 Å². The van der Waals surface area contributed by atoms with E-state index in [4.69, 9.17) is 17.2 Å². The lowest BCUT2D eigenvalue weighted by Crippen LogP contribution is -2.58. The zero-order chi connectivity index (χ0) is 28.8. The molecule has 0 spiro atoms. The normalized spacial score (nSPS) is 13.8. The van der Waals surface area contributed by atoms with E-state index in [0.717, 1.165) is 0 Å². The first-order valence-electron chi connectivity index (χ1n) is 12.2. The number of aliphatic carboxylic acids is 1. The van der Waals surface area contributed by atoms with Crippen LogP contribution in [-0.4, -0.2) is 87.2 Å². The summed E-state index contributed by atoms with van der Waals surface area (Å²) in [6.07, 6.45) is 3.35. The number of carboxylic acid groups (broad SMARTS) is 1. The molecule has 39 heavy (non-hydrogen) atoms. The number of nitrogens with zero attached hydrogens (tertiary/aromatic N) is 2. The molecule has 0 saturated carbocycles. The molecule has 15 nitrogen and oxygen atoms in total. The number of carbonyl (C=O) groups is 4. The number of nitrogens with two attached hydrogens (primary N) is 3. The Morgan fingerprint density at radius 3 is 2.18 bits per heavy atom. The molecule has 0 aliphatic carbocycles. The highest BCUT2D eigenvalue weighted by molar-refractivity contribution is 5.94. The fourth-order valence-corrected chi connectivity index (χ4v) is 3.57. The number of hydrogen-bond acceptors (Lipinski definition) is 8. The summed E-state index contributed by atoms with van der Waals surface area (Å²) in [5, 5.41) is 26.6. The molecular formula is C24H35N9O6. The molecule has 0 fully saturated rings. The minimum atomic E-state index is -1.42. The zero-order valence-corrected chi connectivity index (χ0v) is 21.2. The first kappa shape index (κ1) is 30.7. The molecule has 4 unspecified atom stereocenters. The average molecular weight is 546 g/mol. The Hall–Kier alpha value is -4.50. The maximum absolute atomic E-state index is 13.1. The summed E-state index contributed by atoms with van der Waals surface area (Å²) < 4.78 is 0. The number of aromatic nitrogens is 2. The highest BCUT2D eigenvalue weighted by Gasteiger charge is 2.30. The van der Waals surface area contributed by atoms with Crippen molar-refractivity contribution in [3.05, 3.63) is 54.1 Å². The molecule has 3 amide bonds. The SMILES string of the molecule is NC(N)=NCCCC(NC(=O)C(CO)NC(=O)C(N)Cc1cnc[nH]1)C(=O)NC(Cc1ccccc1)C(=O)O. The molecule has 1 aromatic heterocycles. The van der Waals surface area contributed by atoms with Crippen LogP contribution in [0.1, 0.15) is 24.1 Å². The number of carboxylic acids is 1. The number of aromatic amines is 1. The van der Waals surface area contributed by atoms with Crippen molar-refractivity contribution in [3.8, 4) is 0 Å². The third kappa shape index (κ3) is 10.8. The number of rotatable bonds is 16. The molecular weight excluding hydrogens is 510 g/mol. The molecule has 0 bridgehead atoms. The number of imidazole rings is 1. The summed E-state index contributed by atoms with van der Waals surface area (Å²) >= 11 is 0. The van der Waals surface area contributed by atoms with E-state index in [0.29, 0.717) is 11.3 Å². The number of amides is 3.